The SMILES string of the molecule is Cc1ccc(NC(=O)c2n[nH]c(C(C)C)c2Br)c(OCC(F)(F)F)c1. The number of anilines is 1. The number of alkyl halides is 3. The minimum Gasteiger partial charge on any atom is -0.482 e. The van der Waals surface area contributed by atoms with Crippen LogP contribution >= 0.6 is 15.9 Å². The van der Waals surface area contributed by atoms with Gasteiger partial charge in [0.15, 0.2) is 12.3 Å². The van der Waals surface area contributed by atoms with Crippen LogP contribution in [0.4, 0.5) is 18.9 Å². The lowest BCUT2D eigenvalue weighted by molar-refractivity contribution is -0.153. The van der Waals surface area contributed by atoms with Crippen molar-refractivity contribution in [3.05, 3.63) is 39.6 Å². The zero-order chi connectivity index (χ0) is 18.8. The summed E-state index contributed by atoms with van der Waals surface area (Å²) in [5.74, 6) is -0.495. The average molecular weight is 420 g/mol. The largest absolute Gasteiger partial charge is 0.482 e. The number of nitrogens with zero attached hydrogens (tertiary/aromatic N) is 1. The molecule has 0 saturated heterocycles. The number of benzene rings is 1. The number of nitrogens with one attached hydrogen (secondary N) is 2. The lowest BCUT2D eigenvalue weighted by Gasteiger charge is -2.14. The Labute approximate surface area is 151 Å². The van der Waals surface area contributed by atoms with Gasteiger partial charge in [0.1, 0.15) is 5.75 Å². The van der Waals surface area contributed by atoms with Crippen molar-refractivity contribution in [2.45, 2.75) is 32.9 Å². The predicted molar refractivity (Wildman–Crippen MR) is 91.1 cm³/mol. The molecule has 0 atom stereocenters. The summed E-state index contributed by atoms with van der Waals surface area (Å²) in [7, 11) is 0. The van der Waals surface area contributed by atoms with Crippen LogP contribution < -0.4 is 10.1 Å². The topological polar surface area (TPSA) is 67.0 Å². The molecule has 0 bridgehead atoms. The maximum absolute atomic E-state index is 12.4. The van der Waals surface area contributed by atoms with E-state index in [-0.39, 0.29) is 23.0 Å². The molecule has 1 amide bonds. The Bertz CT molecular complexity index is 772. The number of aromatic amines is 1. The van der Waals surface area contributed by atoms with Gasteiger partial charge >= 0.3 is 6.18 Å². The van der Waals surface area contributed by atoms with Gasteiger partial charge in [0.2, 0.25) is 0 Å². The molecule has 136 valence electrons. The molecule has 1 heterocycles. The number of carbonyl (C=O) groups excluding carboxylic acids is 1. The summed E-state index contributed by atoms with van der Waals surface area (Å²) in [4.78, 5) is 12.4. The fourth-order valence-corrected chi connectivity index (χ4v) is 2.88. The number of aryl methyl sites for hydroxylation is 1. The highest BCUT2D eigenvalue weighted by Gasteiger charge is 2.29. The normalized spacial score (nSPS) is 11.7. The second-order valence-electron chi connectivity index (χ2n) is 5.81. The Morgan fingerprint density at radius 3 is 2.64 bits per heavy atom. The lowest BCUT2D eigenvalue weighted by Crippen LogP contribution is -2.20. The molecule has 0 radical (unpaired) electrons. The van der Waals surface area contributed by atoms with Crippen molar-refractivity contribution in [3.63, 3.8) is 0 Å². The van der Waals surface area contributed by atoms with Crippen molar-refractivity contribution < 1.29 is 22.7 Å². The first-order valence-corrected chi connectivity index (χ1v) is 8.23. The summed E-state index contributed by atoms with van der Waals surface area (Å²) in [6.07, 6.45) is -4.47. The minimum absolute atomic E-state index is 0.0542. The fraction of sp³-hybridized carbons (Fsp3) is 0.375. The van der Waals surface area contributed by atoms with Crippen molar-refractivity contribution in [1.82, 2.24) is 10.2 Å². The molecule has 25 heavy (non-hydrogen) atoms. The molecule has 0 aliphatic rings. The maximum Gasteiger partial charge on any atom is 0.422 e. The van der Waals surface area contributed by atoms with E-state index >= 15 is 0 Å². The molecule has 0 unspecified atom stereocenters. The minimum atomic E-state index is -4.47. The van der Waals surface area contributed by atoms with E-state index in [1.807, 2.05) is 13.8 Å². The number of aromatic nitrogens is 2. The standard InChI is InChI=1S/C16H17BrF3N3O2/c1-8(2)13-12(17)14(23-22-13)15(24)21-10-5-4-9(3)6-11(10)25-7-16(18,19)20/h4-6,8H,7H2,1-3H3,(H,21,24)(H,22,23). The van der Waals surface area contributed by atoms with E-state index in [0.29, 0.717) is 10.0 Å². The highest BCUT2D eigenvalue weighted by molar-refractivity contribution is 9.10. The van der Waals surface area contributed by atoms with E-state index in [0.717, 1.165) is 5.69 Å². The smallest absolute Gasteiger partial charge is 0.422 e. The molecular weight excluding hydrogens is 403 g/mol. The van der Waals surface area contributed by atoms with Crippen LogP contribution in [0.15, 0.2) is 22.7 Å². The van der Waals surface area contributed by atoms with Gasteiger partial charge in [-0.05, 0) is 46.5 Å². The molecule has 0 fully saturated rings. The molecule has 0 saturated carbocycles. The maximum atomic E-state index is 12.4. The monoisotopic (exact) mass is 419 g/mol. The van der Waals surface area contributed by atoms with Crippen molar-refractivity contribution in [3.8, 4) is 5.75 Å². The van der Waals surface area contributed by atoms with Crippen LogP contribution in [0.5, 0.6) is 5.75 Å². The molecule has 0 spiro atoms. The van der Waals surface area contributed by atoms with Gasteiger partial charge in [-0.3, -0.25) is 9.89 Å². The highest BCUT2D eigenvalue weighted by Crippen LogP contribution is 2.30. The van der Waals surface area contributed by atoms with Gasteiger partial charge in [-0.25, -0.2) is 0 Å². The van der Waals surface area contributed by atoms with Crippen molar-refractivity contribution in [2.24, 2.45) is 0 Å². The van der Waals surface area contributed by atoms with Crippen molar-refractivity contribution >= 4 is 27.5 Å². The second-order valence-corrected chi connectivity index (χ2v) is 6.61. The third kappa shape index (κ3) is 4.97. The van der Waals surface area contributed by atoms with E-state index in [4.69, 9.17) is 4.74 Å². The Morgan fingerprint density at radius 1 is 1.40 bits per heavy atom. The summed E-state index contributed by atoms with van der Waals surface area (Å²) in [5, 5.41) is 9.27. The number of halogens is 4. The van der Waals surface area contributed by atoms with E-state index in [1.165, 1.54) is 12.1 Å². The molecule has 9 heteroatoms. The average Bonchev–Trinajstić information content (AvgIpc) is 2.88. The van der Waals surface area contributed by atoms with E-state index in [2.05, 4.69) is 31.4 Å². The van der Waals surface area contributed by atoms with Crippen LogP contribution in [0.2, 0.25) is 0 Å². The van der Waals surface area contributed by atoms with E-state index in [1.54, 1.807) is 13.0 Å². The van der Waals surface area contributed by atoms with Crippen LogP contribution in [0.25, 0.3) is 0 Å². The van der Waals surface area contributed by atoms with E-state index < -0.39 is 18.7 Å². The Hall–Kier alpha value is -2.03. The predicted octanol–water partition coefficient (Wildman–Crippen LogP) is 4.80. The first kappa shape index (κ1) is 19.3. The number of amides is 1. The Morgan fingerprint density at radius 2 is 2.08 bits per heavy atom. The fourth-order valence-electron chi connectivity index (χ4n) is 2.07. The summed E-state index contributed by atoms with van der Waals surface area (Å²) in [6, 6.07) is 4.58. The van der Waals surface area contributed by atoms with E-state index in [9.17, 15) is 18.0 Å². The molecule has 2 N–H and O–H groups in total. The third-order valence-corrected chi connectivity index (χ3v) is 4.10. The molecule has 2 rings (SSSR count). The number of rotatable bonds is 5. The summed E-state index contributed by atoms with van der Waals surface area (Å²) in [5.41, 5.74) is 1.72. The van der Waals surface area contributed by atoms with Crippen molar-refractivity contribution in [2.75, 3.05) is 11.9 Å². The first-order valence-electron chi connectivity index (χ1n) is 7.44. The summed E-state index contributed by atoms with van der Waals surface area (Å²) in [6.45, 7) is 4.14. The molecule has 2 aromatic rings. The molecule has 0 aliphatic heterocycles. The van der Waals surface area contributed by atoms with Gasteiger partial charge < -0.3 is 10.1 Å². The number of ether oxygens (including phenoxy) is 1. The zero-order valence-electron chi connectivity index (χ0n) is 13.8. The third-order valence-electron chi connectivity index (χ3n) is 3.30. The van der Waals surface area contributed by atoms with Crippen LogP contribution in [-0.2, 0) is 0 Å². The van der Waals surface area contributed by atoms with Crippen LogP contribution in [0.3, 0.4) is 0 Å². The van der Waals surface area contributed by atoms with Gasteiger partial charge in [-0.1, -0.05) is 19.9 Å². The number of hydrogen-bond donors (Lipinski definition) is 2. The van der Waals surface area contributed by atoms with Crippen LogP contribution in [-0.4, -0.2) is 28.9 Å². The number of carbonyl (C=O) groups is 1. The highest BCUT2D eigenvalue weighted by atomic mass is 79.9. The van der Waals surface area contributed by atoms with Crippen LogP contribution in [0.1, 0.15) is 41.5 Å². The Kier molecular flexibility index (Phi) is 5.76. The quantitative estimate of drug-likeness (QED) is 0.731. The molecule has 1 aromatic carbocycles. The molecule has 1 aromatic heterocycles. The zero-order valence-corrected chi connectivity index (χ0v) is 15.4. The van der Waals surface area contributed by atoms with Gasteiger partial charge in [0, 0.05) is 0 Å². The summed E-state index contributed by atoms with van der Waals surface area (Å²) >= 11 is 3.32. The summed E-state index contributed by atoms with van der Waals surface area (Å²) < 4.78 is 42.5. The van der Waals surface area contributed by atoms with Crippen molar-refractivity contribution in [1.29, 1.82) is 0 Å². The molecule has 0 aliphatic carbocycles. The lowest BCUT2D eigenvalue weighted by atomic mass is 10.1. The molecular formula is C16H17BrF3N3O2. The Balaban J connectivity index is 2.23. The number of H-pyrrole nitrogens is 1. The van der Waals surface area contributed by atoms with Gasteiger partial charge in [-0.2, -0.15) is 18.3 Å². The van der Waals surface area contributed by atoms with Crippen LogP contribution in [0, 0.1) is 6.92 Å². The second kappa shape index (κ2) is 7.47. The number of hydrogen-bond acceptors (Lipinski definition) is 3. The van der Waals surface area contributed by atoms with Gasteiger partial charge in [-0.15, -0.1) is 0 Å². The van der Waals surface area contributed by atoms with Gasteiger partial charge in [0.25, 0.3) is 5.91 Å². The van der Waals surface area contributed by atoms with Gasteiger partial charge in [0.05, 0.1) is 15.9 Å². The first-order chi connectivity index (χ1) is 11.6. The molecule has 5 nitrogen and oxygen atoms in total.